The number of aliphatic hydroxyl groups is 1. The molecule has 0 saturated carbocycles. The summed E-state index contributed by atoms with van der Waals surface area (Å²) in [5, 5.41) is 17.6. The zero-order chi connectivity index (χ0) is 13.9. The monoisotopic (exact) mass is 288 g/mol. The van der Waals surface area contributed by atoms with E-state index in [9.17, 15) is 14.7 Å². The highest BCUT2D eigenvalue weighted by atomic mass is 35.5. The number of carboxylic acids is 1. The summed E-state index contributed by atoms with van der Waals surface area (Å²) >= 11 is 7.22. The van der Waals surface area contributed by atoms with Gasteiger partial charge in [-0.1, -0.05) is 12.1 Å². The number of rotatable bonds is 5. The SMILES string of the molecule is CSc1cc(C(Cl)C(C)=O)ccc1C(O)C(=O)O. The Morgan fingerprint density at radius 3 is 2.44 bits per heavy atom. The normalized spacial score (nSPS) is 14.0. The first-order chi connectivity index (χ1) is 8.38. The number of carboxylic acid groups (broad SMARTS) is 1. The van der Waals surface area contributed by atoms with Crippen molar-refractivity contribution in [3.05, 3.63) is 29.3 Å². The molecule has 0 bridgehead atoms. The van der Waals surface area contributed by atoms with Gasteiger partial charge in [-0.05, 0) is 24.8 Å². The average molecular weight is 289 g/mol. The van der Waals surface area contributed by atoms with Crippen molar-refractivity contribution in [3.63, 3.8) is 0 Å². The van der Waals surface area contributed by atoms with Crippen molar-refractivity contribution < 1.29 is 19.8 Å². The van der Waals surface area contributed by atoms with E-state index in [1.807, 2.05) is 0 Å². The summed E-state index contributed by atoms with van der Waals surface area (Å²) in [7, 11) is 0. The number of benzene rings is 1. The van der Waals surface area contributed by atoms with E-state index in [-0.39, 0.29) is 5.78 Å². The van der Waals surface area contributed by atoms with Gasteiger partial charge in [0.25, 0.3) is 0 Å². The molecule has 0 aromatic heterocycles. The van der Waals surface area contributed by atoms with Crippen molar-refractivity contribution >= 4 is 35.1 Å². The van der Waals surface area contributed by atoms with Gasteiger partial charge in [0.1, 0.15) is 5.38 Å². The molecule has 2 N–H and O–H groups in total. The molecule has 0 saturated heterocycles. The molecule has 4 nitrogen and oxygen atoms in total. The zero-order valence-corrected chi connectivity index (χ0v) is 11.5. The van der Waals surface area contributed by atoms with Crippen molar-refractivity contribution in [2.45, 2.75) is 23.3 Å². The number of carbonyl (C=O) groups excluding carboxylic acids is 1. The van der Waals surface area contributed by atoms with Crippen LogP contribution < -0.4 is 0 Å². The molecule has 18 heavy (non-hydrogen) atoms. The van der Waals surface area contributed by atoms with Gasteiger partial charge < -0.3 is 10.2 Å². The lowest BCUT2D eigenvalue weighted by Crippen LogP contribution is -2.12. The lowest BCUT2D eigenvalue weighted by molar-refractivity contribution is -0.147. The van der Waals surface area contributed by atoms with E-state index in [1.165, 1.54) is 24.8 Å². The molecule has 0 heterocycles. The summed E-state index contributed by atoms with van der Waals surface area (Å²) in [4.78, 5) is 22.5. The van der Waals surface area contributed by atoms with Gasteiger partial charge in [-0.15, -0.1) is 23.4 Å². The first-order valence-electron chi connectivity index (χ1n) is 5.11. The molecule has 0 radical (unpaired) electrons. The van der Waals surface area contributed by atoms with Gasteiger partial charge in [0.2, 0.25) is 0 Å². The molecular formula is C12H13ClO4S. The second-order valence-electron chi connectivity index (χ2n) is 3.72. The van der Waals surface area contributed by atoms with Crippen LogP contribution in [-0.2, 0) is 9.59 Å². The van der Waals surface area contributed by atoms with Crippen LogP contribution in [0.15, 0.2) is 23.1 Å². The first kappa shape index (κ1) is 15.0. The molecule has 6 heteroatoms. The molecule has 2 atom stereocenters. The molecule has 0 aliphatic rings. The molecule has 0 spiro atoms. The third kappa shape index (κ3) is 3.25. The second-order valence-corrected chi connectivity index (χ2v) is 5.00. The molecule has 1 aromatic carbocycles. The molecule has 2 unspecified atom stereocenters. The van der Waals surface area contributed by atoms with E-state index in [0.29, 0.717) is 16.0 Å². The van der Waals surface area contributed by atoms with Crippen LogP contribution in [0.2, 0.25) is 0 Å². The Kier molecular flexibility index (Phi) is 5.19. The van der Waals surface area contributed by atoms with Crippen molar-refractivity contribution in [2.75, 3.05) is 6.26 Å². The van der Waals surface area contributed by atoms with Crippen LogP contribution in [0.4, 0.5) is 0 Å². The number of Topliss-reactive ketones (excluding diaryl/α,β-unsaturated/α-hetero) is 1. The summed E-state index contributed by atoms with van der Waals surface area (Å²) in [5.74, 6) is -1.50. The average Bonchev–Trinajstić information content (AvgIpc) is 2.35. The van der Waals surface area contributed by atoms with Crippen molar-refractivity contribution in [1.29, 1.82) is 0 Å². The predicted molar refractivity (Wildman–Crippen MR) is 70.1 cm³/mol. The fourth-order valence-electron chi connectivity index (χ4n) is 1.48. The maximum atomic E-state index is 11.2. The second kappa shape index (κ2) is 6.22. The van der Waals surface area contributed by atoms with Gasteiger partial charge in [-0.25, -0.2) is 4.79 Å². The van der Waals surface area contributed by atoms with Crippen LogP contribution >= 0.6 is 23.4 Å². The van der Waals surface area contributed by atoms with Gasteiger partial charge in [-0.3, -0.25) is 4.79 Å². The molecule has 0 aliphatic heterocycles. The molecule has 1 aromatic rings. The maximum absolute atomic E-state index is 11.2. The smallest absolute Gasteiger partial charge is 0.337 e. The number of aliphatic hydroxyl groups excluding tert-OH is 1. The van der Waals surface area contributed by atoms with Crippen molar-refractivity contribution in [1.82, 2.24) is 0 Å². The van der Waals surface area contributed by atoms with Gasteiger partial charge in [0.05, 0.1) is 0 Å². The third-order valence-corrected chi connectivity index (χ3v) is 3.79. The Hall–Kier alpha value is -1.04. The minimum Gasteiger partial charge on any atom is -0.479 e. The van der Waals surface area contributed by atoms with Gasteiger partial charge in [0, 0.05) is 10.5 Å². The number of alkyl halides is 1. The fourth-order valence-corrected chi connectivity index (χ4v) is 2.28. The Morgan fingerprint density at radius 2 is 2.00 bits per heavy atom. The van der Waals surface area contributed by atoms with Crippen LogP contribution in [0.3, 0.4) is 0 Å². The highest BCUT2D eigenvalue weighted by Crippen LogP contribution is 2.31. The van der Waals surface area contributed by atoms with Crippen LogP contribution in [-0.4, -0.2) is 28.2 Å². The van der Waals surface area contributed by atoms with Gasteiger partial charge >= 0.3 is 5.97 Å². The van der Waals surface area contributed by atoms with Crippen LogP contribution in [0.25, 0.3) is 0 Å². The molecule has 1 rings (SSSR count). The highest BCUT2D eigenvalue weighted by molar-refractivity contribution is 7.98. The molecule has 0 aliphatic carbocycles. The number of ketones is 1. The molecular weight excluding hydrogens is 276 g/mol. The number of aliphatic carboxylic acids is 1. The topological polar surface area (TPSA) is 74.6 Å². The van der Waals surface area contributed by atoms with Crippen LogP contribution in [0.5, 0.6) is 0 Å². The Labute approximate surface area is 114 Å². The minimum absolute atomic E-state index is 0.185. The number of hydrogen-bond acceptors (Lipinski definition) is 4. The number of thioether (sulfide) groups is 1. The Balaban J connectivity index is 3.19. The largest absolute Gasteiger partial charge is 0.479 e. The minimum atomic E-state index is -1.58. The molecule has 0 amide bonds. The summed E-state index contributed by atoms with van der Waals surface area (Å²) in [6.45, 7) is 1.39. The predicted octanol–water partition coefficient (Wildman–Crippen LogP) is 2.40. The van der Waals surface area contributed by atoms with Crippen molar-refractivity contribution in [3.8, 4) is 0 Å². The van der Waals surface area contributed by atoms with Gasteiger partial charge in [-0.2, -0.15) is 0 Å². The highest BCUT2D eigenvalue weighted by Gasteiger charge is 2.21. The first-order valence-corrected chi connectivity index (χ1v) is 6.77. The standard InChI is InChI=1S/C12H13ClO4S/c1-6(14)10(13)7-3-4-8(9(5-7)18-2)11(15)12(16)17/h3-5,10-11,15H,1-2H3,(H,16,17). The summed E-state index contributed by atoms with van der Waals surface area (Å²) < 4.78 is 0. The summed E-state index contributed by atoms with van der Waals surface area (Å²) in [6, 6.07) is 4.67. The zero-order valence-electron chi connectivity index (χ0n) is 9.88. The maximum Gasteiger partial charge on any atom is 0.337 e. The van der Waals surface area contributed by atoms with Crippen LogP contribution in [0, 0.1) is 0 Å². The van der Waals surface area contributed by atoms with E-state index >= 15 is 0 Å². The molecule has 98 valence electrons. The van der Waals surface area contributed by atoms with Crippen molar-refractivity contribution in [2.24, 2.45) is 0 Å². The number of hydrogen-bond donors (Lipinski definition) is 2. The Bertz CT molecular complexity index is 475. The van der Waals surface area contributed by atoms with E-state index in [1.54, 1.807) is 18.4 Å². The number of carbonyl (C=O) groups is 2. The lowest BCUT2D eigenvalue weighted by Gasteiger charge is -2.14. The number of halogens is 1. The van der Waals surface area contributed by atoms with Gasteiger partial charge in [0.15, 0.2) is 11.9 Å². The van der Waals surface area contributed by atoms with E-state index < -0.39 is 17.5 Å². The Morgan fingerprint density at radius 1 is 1.39 bits per heavy atom. The third-order valence-electron chi connectivity index (χ3n) is 2.44. The van der Waals surface area contributed by atoms with E-state index in [0.717, 1.165) is 0 Å². The fraction of sp³-hybridized carbons (Fsp3) is 0.333. The van der Waals surface area contributed by atoms with E-state index in [4.69, 9.17) is 16.7 Å². The lowest BCUT2D eigenvalue weighted by atomic mass is 10.0. The molecule has 0 fully saturated rings. The van der Waals surface area contributed by atoms with E-state index in [2.05, 4.69) is 0 Å². The quantitative estimate of drug-likeness (QED) is 0.643. The summed E-state index contributed by atoms with van der Waals surface area (Å²) in [5.41, 5.74) is 0.890. The summed E-state index contributed by atoms with van der Waals surface area (Å²) in [6.07, 6.45) is 0.182. The van der Waals surface area contributed by atoms with Crippen LogP contribution in [0.1, 0.15) is 29.5 Å².